The zero-order valence-corrected chi connectivity index (χ0v) is 17.8. The molecule has 0 bridgehead atoms. The summed E-state index contributed by atoms with van der Waals surface area (Å²) in [5.41, 5.74) is 4.07. The summed E-state index contributed by atoms with van der Waals surface area (Å²) in [5.74, 6) is 0.550. The van der Waals surface area contributed by atoms with E-state index in [1.807, 2.05) is 18.2 Å². The van der Waals surface area contributed by atoms with Gasteiger partial charge in [0.2, 0.25) is 0 Å². The lowest BCUT2D eigenvalue weighted by Crippen LogP contribution is -2.30. The second-order valence-corrected chi connectivity index (χ2v) is 8.08. The highest BCUT2D eigenvalue weighted by molar-refractivity contribution is 6.13. The molecule has 7 heteroatoms. The number of carbonyl (C=O) groups is 1. The maximum atomic E-state index is 14.6. The number of halogens is 1. The van der Waals surface area contributed by atoms with Crippen molar-refractivity contribution in [2.45, 2.75) is 12.5 Å². The highest BCUT2D eigenvalue weighted by Crippen LogP contribution is 2.34. The predicted octanol–water partition coefficient (Wildman–Crippen LogP) is 4.28. The van der Waals surface area contributed by atoms with Crippen LogP contribution in [0.3, 0.4) is 0 Å². The maximum absolute atomic E-state index is 14.6. The van der Waals surface area contributed by atoms with E-state index in [4.69, 9.17) is 15.4 Å². The van der Waals surface area contributed by atoms with Gasteiger partial charge >= 0.3 is 0 Å². The largest absolute Gasteiger partial charge is 0.487 e. The van der Waals surface area contributed by atoms with Gasteiger partial charge in [-0.05, 0) is 47.0 Å². The van der Waals surface area contributed by atoms with Crippen LogP contribution in [-0.4, -0.2) is 36.0 Å². The fraction of sp³-hybridized carbons (Fsp3) is 0.154. The molecule has 0 radical (unpaired) electrons. The van der Waals surface area contributed by atoms with Crippen LogP contribution in [0.25, 0.3) is 11.1 Å². The first-order valence-corrected chi connectivity index (χ1v) is 10.4. The molecule has 6 nitrogen and oxygen atoms in total. The first-order valence-electron chi connectivity index (χ1n) is 10.4. The number of hydrogen-bond donors (Lipinski definition) is 1. The van der Waals surface area contributed by atoms with Gasteiger partial charge in [-0.1, -0.05) is 30.3 Å². The quantitative estimate of drug-likeness (QED) is 0.662. The number of aliphatic imine (C=N–C) groups is 1. The van der Waals surface area contributed by atoms with E-state index in [-0.39, 0.29) is 12.5 Å². The standard InChI is InChI=1S/C26H19FN4O2/c1-31-25(19-6-5-17-10-20(29)14-33-23(17)12-19)30-24(26(31)32)18-7-8-22(27)21(11-18)16-4-2-3-15(9-16)13-28/h2-9,11-12,24,29H,10,14H2,1H3. The number of amides is 1. The Morgan fingerprint density at radius 2 is 2.00 bits per heavy atom. The molecule has 1 N–H and O–H groups in total. The van der Waals surface area contributed by atoms with Crippen molar-refractivity contribution < 1.29 is 13.9 Å². The first-order chi connectivity index (χ1) is 15.9. The van der Waals surface area contributed by atoms with Gasteiger partial charge in [0.25, 0.3) is 5.91 Å². The van der Waals surface area contributed by atoms with E-state index in [0.717, 1.165) is 11.1 Å². The fourth-order valence-electron chi connectivity index (χ4n) is 4.15. The molecule has 2 aliphatic heterocycles. The third kappa shape index (κ3) is 3.66. The molecule has 5 rings (SSSR count). The molecule has 2 heterocycles. The van der Waals surface area contributed by atoms with Crippen LogP contribution in [-0.2, 0) is 11.2 Å². The van der Waals surface area contributed by atoms with Gasteiger partial charge in [-0.25, -0.2) is 9.38 Å². The van der Waals surface area contributed by atoms with Gasteiger partial charge in [-0.2, -0.15) is 5.26 Å². The molecule has 1 unspecified atom stereocenters. The van der Waals surface area contributed by atoms with Crippen LogP contribution in [0.2, 0.25) is 0 Å². The smallest absolute Gasteiger partial charge is 0.257 e. The highest BCUT2D eigenvalue weighted by Gasteiger charge is 2.34. The van der Waals surface area contributed by atoms with Crippen LogP contribution in [0.5, 0.6) is 5.75 Å². The summed E-state index contributed by atoms with van der Waals surface area (Å²) in [4.78, 5) is 19.2. The summed E-state index contributed by atoms with van der Waals surface area (Å²) >= 11 is 0. The van der Waals surface area contributed by atoms with Crippen LogP contribution >= 0.6 is 0 Å². The number of rotatable bonds is 3. The zero-order chi connectivity index (χ0) is 23.1. The van der Waals surface area contributed by atoms with E-state index >= 15 is 0 Å². The molecule has 3 aromatic rings. The van der Waals surface area contributed by atoms with Gasteiger partial charge in [-0.15, -0.1) is 0 Å². The Morgan fingerprint density at radius 1 is 1.15 bits per heavy atom. The van der Waals surface area contributed by atoms with E-state index in [0.29, 0.717) is 46.0 Å². The molecule has 2 aliphatic rings. The minimum Gasteiger partial charge on any atom is -0.487 e. The number of likely N-dealkylation sites (N-methyl/N-ethyl adjacent to an activating group) is 1. The highest BCUT2D eigenvalue weighted by atomic mass is 19.1. The fourth-order valence-corrected chi connectivity index (χ4v) is 4.15. The molecule has 3 aromatic carbocycles. The van der Waals surface area contributed by atoms with Crippen LogP contribution in [0, 0.1) is 22.6 Å². The summed E-state index contributed by atoms with van der Waals surface area (Å²) in [6.07, 6.45) is 0.546. The van der Waals surface area contributed by atoms with Gasteiger partial charge in [-0.3, -0.25) is 9.69 Å². The predicted molar refractivity (Wildman–Crippen MR) is 122 cm³/mol. The molecular formula is C26H19FN4O2. The van der Waals surface area contributed by atoms with Crippen molar-refractivity contribution >= 4 is 17.5 Å². The summed E-state index contributed by atoms with van der Waals surface area (Å²) in [5, 5.41) is 17.0. The molecule has 0 saturated heterocycles. The van der Waals surface area contributed by atoms with Crippen molar-refractivity contribution in [3.8, 4) is 22.9 Å². The third-order valence-electron chi connectivity index (χ3n) is 5.87. The number of fused-ring (bicyclic) bond motifs is 1. The van der Waals surface area contributed by atoms with Gasteiger partial charge < -0.3 is 10.1 Å². The Balaban J connectivity index is 1.52. The van der Waals surface area contributed by atoms with Crippen LogP contribution < -0.4 is 4.74 Å². The molecule has 1 amide bonds. The third-order valence-corrected chi connectivity index (χ3v) is 5.87. The topological polar surface area (TPSA) is 89.5 Å². The molecule has 0 spiro atoms. The average Bonchev–Trinajstić information content (AvgIpc) is 3.13. The molecule has 1 atom stereocenters. The van der Waals surface area contributed by atoms with E-state index in [1.54, 1.807) is 43.4 Å². The number of nitriles is 1. The van der Waals surface area contributed by atoms with E-state index in [2.05, 4.69) is 11.1 Å². The summed E-state index contributed by atoms with van der Waals surface area (Å²) in [7, 11) is 1.66. The van der Waals surface area contributed by atoms with Crippen molar-refractivity contribution in [2.24, 2.45) is 4.99 Å². The number of ether oxygens (including phenoxy) is 1. The Bertz CT molecular complexity index is 1390. The molecule has 33 heavy (non-hydrogen) atoms. The van der Waals surface area contributed by atoms with Crippen LogP contribution in [0.15, 0.2) is 65.7 Å². The number of nitrogens with one attached hydrogen (secondary N) is 1. The van der Waals surface area contributed by atoms with E-state index in [9.17, 15) is 9.18 Å². The van der Waals surface area contributed by atoms with Gasteiger partial charge in [0, 0.05) is 24.6 Å². The molecular weight excluding hydrogens is 419 g/mol. The molecule has 0 saturated carbocycles. The number of hydrogen-bond acceptors (Lipinski definition) is 5. The lowest BCUT2D eigenvalue weighted by molar-refractivity contribution is -0.126. The first kappa shape index (κ1) is 20.6. The minimum atomic E-state index is -0.798. The van der Waals surface area contributed by atoms with E-state index < -0.39 is 11.9 Å². The number of benzene rings is 3. The number of nitrogens with zero attached hydrogens (tertiary/aromatic N) is 3. The second kappa shape index (κ2) is 7.99. The second-order valence-electron chi connectivity index (χ2n) is 8.08. The Labute approximate surface area is 190 Å². The summed E-state index contributed by atoms with van der Waals surface area (Å²) < 4.78 is 20.3. The molecule has 0 fully saturated rings. The average molecular weight is 438 g/mol. The maximum Gasteiger partial charge on any atom is 0.257 e. The van der Waals surface area contributed by atoms with Gasteiger partial charge in [0.1, 0.15) is 24.0 Å². The Hall–Kier alpha value is -4.31. The van der Waals surface area contributed by atoms with Crippen molar-refractivity contribution in [1.29, 1.82) is 10.7 Å². The Kier molecular flexibility index (Phi) is 4.98. The molecule has 0 aromatic heterocycles. The molecule has 162 valence electrons. The molecule has 0 aliphatic carbocycles. The van der Waals surface area contributed by atoms with E-state index in [1.165, 1.54) is 11.0 Å². The van der Waals surface area contributed by atoms with Crippen LogP contribution in [0.4, 0.5) is 4.39 Å². The summed E-state index contributed by atoms with van der Waals surface area (Å²) in [6, 6.07) is 18.1. The van der Waals surface area contributed by atoms with Crippen molar-refractivity contribution in [3.63, 3.8) is 0 Å². The lowest BCUT2D eigenvalue weighted by atomic mass is 9.98. The Morgan fingerprint density at radius 3 is 2.82 bits per heavy atom. The monoisotopic (exact) mass is 438 g/mol. The van der Waals surface area contributed by atoms with Crippen molar-refractivity contribution in [3.05, 3.63) is 88.7 Å². The SMILES string of the molecule is CN1C(=O)C(c2ccc(F)c(-c3cccc(C#N)c3)c2)N=C1c1ccc2c(c1)OCC(=N)C2. The van der Waals surface area contributed by atoms with Crippen molar-refractivity contribution in [1.82, 2.24) is 4.90 Å². The van der Waals surface area contributed by atoms with Crippen LogP contribution in [0.1, 0.15) is 28.3 Å². The normalized spacial score (nSPS) is 17.3. The zero-order valence-electron chi connectivity index (χ0n) is 17.8. The van der Waals surface area contributed by atoms with Gasteiger partial charge in [0.15, 0.2) is 6.04 Å². The van der Waals surface area contributed by atoms with Crippen molar-refractivity contribution in [2.75, 3.05) is 13.7 Å². The summed E-state index contributed by atoms with van der Waals surface area (Å²) in [6.45, 7) is 0.256. The minimum absolute atomic E-state index is 0.214. The number of amidine groups is 1. The van der Waals surface area contributed by atoms with Gasteiger partial charge in [0.05, 0.1) is 17.3 Å². The lowest BCUT2D eigenvalue weighted by Gasteiger charge is -2.20. The number of carbonyl (C=O) groups excluding carboxylic acids is 1.